The summed E-state index contributed by atoms with van der Waals surface area (Å²) in [5.74, 6) is -0.477. The summed E-state index contributed by atoms with van der Waals surface area (Å²) in [6.07, 6.45) is 2.93. The summed E-state index contributed by atoms with van der Waals surface area (Å²) in [5.41, 5.74) is 1.12. The maximum atomic E-state index is 13.1. The summed E-state index contributed by atoms with van der Waals surface area (Å²) in [7, 11) is 3.32. The number of carbonyl (C=O) groups is 2. The van der Waals surface area contributed by atoms with Crippen LogP contribution >= 0.6 is 11.3 Å². The van der Waals surface area contributed by atoms with E-state index in [4.69, 9.17) is 4.74 Å². The number of aliphatic hydroxyl groups is 1. The molecule has 0 amide bonds. The van der Waals surface area contributed by atoms with Gasteiger partial charge in [-0.1, -0.05) is 11.3 Å². The van der Waals surface area contributed by atoms with Crippen LogP contribution in [0.5, 0.6) is 0 Å². The van der Waals surface area contributed by atoms with E-state index in [1.54, 1.807) is 26.3 Å². The number of nitrogens with zero attached hydrogens (tertiary/aromatic N) is 2. The van der Waals surface area contributed by atoms with Crippen LogP contribution in [0.4, 0.5) is 10.9 Å². The predicted octanol–water partition coefficient (Wildman–Crippen LogP) is 2.36. The number of carbonyl (C=O) groups excluding carboxylic acids is 2. The number of nitrogens with one attached hydrogen (secondary N) is 2. The normalized spacial score (nSPS) is 17.5. The molecule has 2 unspecified atom stereocenters. The molecule has 0 aromatic carbocycles. The molecule has 3 rings (SSSR count). The quantitative estimate of drug-likeness (QED) is 0.266. The van der Waals surface area contributed by atoms with Crippen LogP contribution in [-0.2, 0) is 11.2 Å². The highest BCUT2D eigenvalue weighted by Gasteiger charge is 2.34. The molecule has 2 aromatic rings. The lowest BCUT2D eigenvalue weighted by atomic mass is 9.91. The Morgan fingerprint density at radius 3 is 2.96 bits per heavy atom. The highest BCUT2D eigenvalue weighted by Crippen LogP contribution is 2.33. The molecule has 2 heterocycles. The maximum Gasteiger partial charge on any atom is 0.185 e. The van der Waals surface area contributed by atoms with Gasteiger partial charge in [-0.25, -0.2) is 9.97 Å². The molecule has 9 heteroatoms. The minimum atomic E-state index is -0.806. The zero-order valence-electron chi connectivity index (χ0n) is 15.9. The zero-order valence-corrected chi connectivity index (χ0v) is 16.7. The van der Waals surface area contributed by atoms with Gasteiger partial charge in [0.25, 0.3) is 0 Å². The Bertz CT molecular complexity index is 837. The summed E-state index contributed by atoms with van der Waals surface area (Å²) in [6, 6.07) is 3.40. The summed E-state index contributed by atoms with van der Waals surface area (Å²) in [5, 5.41) is 16.3. The molecule has 3 N–H and O–H groups in total. The number of rotatable bonds is 8. The van der Waals surface area contributed by atoms with Crippen molar-refractivity contribution in [2.75, 3.05) is 31.4 Å². The van der Waals surface area contributed by atoms with Gasteiger partial charge in [-0.2, -0.15) is 0 Å². The van der Waals surface area contributed by atoms with Crippen LogP contribution in [0.1, 0.15) is 45.0 Å². The number of thiazole rings is 1. The van der Waals surface area contributed by atoms with E-state index in [2.05, 4.69) is 20.6 Å². The number of pyridine rings is 1. The number of hydrogen-bond donors (Lipinski definition) is 3. The predicted molar refractivity (Wildman–Crippen MR) is 107 cm³/mol. The van der Waals surface area contributed by atoms with Crippen LogP contribution < -0.4 is 10.6 Å². The first-order valence-corrected chi connectivity index (χ1v) is 10.0. The van der Waals surface area contributed by atoms with Gasteiger partial charge in [0.1, 0.15) is 12.0 Å². The molecule has 1 aliphatic rings. The van der Waals surface area contributed by atoms with Gasteiger partial charge in [0, 0.05) is 32.3 Å². The van der Waals surface area contributed by atoms with Crippen molar-refractivity contribution in [1.82, 2.24) is 9.97 Å². The molecule has 0 radical (unpaired) electrons. The van der Waals surface area contributed by atoms with Crippen molar-refractivity contribution in [3.8, 4) is 0 Å². The second kappa shape index (κ2) is 9.22. The Morgan fingerprint density at radius 2 is 2.29 bits per heavy atom. The lowest BCUT2D eigenvalue weighted by Gasteiger charge is -2.12. The maximum absolute atomic E-state index is 13.1. The van der Waals surface area contributed by atoms with Crippen molar-refractivity contribution >= 4 is 33.9 Å². The number of fused-ring (bicyclic) bond motifs is 1. The van der Waals surface area contributed by atoms with Gasteiger partial charge in [-0.15, -0.1) is 0 Å². The molecule has 0 aliphatic heterocycles. The number of aryl methyl sites for hydroxylation is 1. The van der Waals surface area contributed by atoms with Gasteiger partial charge >= 0.3 is 0 Å². The van der Waals surface area contributed by atoms with Gasteiger partial charge in [0.2, 0.25) is 0 Å². The lowest BCUT2D eigenvalue weighted by molar-refractivity contribution is 0.0803. The molecule has 2 atom stereocenters. The van der Waals surface area contributed by atoms with Gasteiger partial charge < -0.3 is 20.5 Å². The molecular weight excluding hydrogens is 380 g/mol. The number of ether oxygens (including phenoxy) is 1. The first-order valence-electron chi connectivity index (χ1n) is 9.19. The fourth-order valence-corrected chi connectivity index (χ4v) is 4.17. The van der Waals surface area contributed by atoms with Crippen LogP contribution in [0, 0.1) is 5.92 Å². The van der Waals surface area contributed by atoms with E-state index in [0.29, 0.717) is 59.4 Å². The molecule has 2 aromatic heterocycles. The number of ketones is 2. The largest absolute Gasteiger partial charge is 0.385 e. The number of aromatic nitrogens is 2. The van der Waals surface area contributed by atoms with Gasteiger partial charge in [-0.3, -0.25) is 9.59 Å². The standard InChI is InChI=1S/C19H24N4O4S/c1-20-14-7-6-11(10-21-14)16(25)12-4-3-5-13-18(17(12)26)28-19(22-13)23-15(24)8-9-27-2/h6-7,10,12,15,24H,3-5,8-9H2,1-2H3,(H,20,21)(H,22,23). The number of methoxy groups -OCH3 is 1. The van der Waals surface area contributed by atoms with Gasteiger partial charge in [0.05, 0.1) is 23.1 Å². The number of aliphatic hydroxyl groups excluding tert-OH is 1. The molecule has 0 bridgehead atoms. The second-order valence-corrected chi connectivity index (χ2v) is 7.59. The number of hydrogen-bond acceptors (Lipinski definition) is 9. The first-order chi connectivity index (χ1) is 13.5. The minimum absolute atomic E-state index is 0.202. The topological polar surface area (TPSA) is 113 Å². The molecule has 28 heavy (non-hydrogen) atoms. The van der Waals surface area contributed by atoms with Crippen molar-refractivity contribution in [3.05, 3.63) is 34.5 Å². The third-order valence-corrected chi connectivity index (χ3v) is 5.69. The van der Waals surface area contributed by atoms with Gasteiger partial charge in [-0.05, 0) is 31.4 Å². The van der Waals surface area contributed by atoms with Crippen molar-refractivity contribution in [1.29, 1.82) is 0 Å². The molecule has 150 valence electrons. The Hall–Kier alpha value is -2.36. The van der Waals surface area contributed by atoms with Crippen molar-refractivity contribution in [2.24, 2.45) is 5.92 Å². The fraction of sp³-hybridized carbons (Fsp3) is 0.474. The third kappa shape index (κ3) is 4.54. The van der Waals surface area contributed by atoms with E-state index in [9.17, 15) is 14.7 Å². The molecule has 0 fully saturated rings. The van der Waals surface area contributed by atoms with E-state index >= 15 is 0 Å². The van der Waals surface area contributed by atoms with Crippen LogP contribution in [0.3, 0.4) is 0 Å². The van der Waals surface area contributed by atoms with E-state index in [0.717, 1.165) is 0 Å². The Balaban J connectivity index is 1.77. The van der Waals surface area contributed by atoms with Crippen molar-refractivity contribution in [2.45, 2.75) is 31.9 Å². The highest BCUT2D eigenvalue weighted by atomic mass is 32.1. The second-order valence-electron chi connectivity index (χ2n) is 6.59. The summed E-state index contributed by atoms with van der Waals surface area (Å²) in [4.78, 5) is 35.1. The minimum Gasteiger partial charge on any atom is -0.385 e. The van der Waals surface area contributed by atoms with Crippen molar-refractivity contribution in [3.63, 3.8) is 0 Å². The van der Waals surface area contributed by atoms with Crippen LogP contribution in [0.2, 0.25) is 0 Å². The van der Waals surface area contributed by atoms with Crippen LogP contribution in [-0.4, -0.2) is 53.6 Å². The Labute approximate surface area is 167 Å². The van der Waals surface area contributed by atoms with Gasteiger partial charge in [0.15, 0.2) is 16.7 Å². The summed E-state index contributed by atoms with van der Waals surface area (Å²) in [6.45, 7) is 0.412. The van der Waals surface area contributed by atoms with Crippen molar-refractivity contribution < 1.29 is 19.4 Å². The smallest absolute Gasteiger partial charge is 0.185 e. The average molecular weight is 404 g/mol. The SMILES string of the molecule is CNc1ccc(C(=O)C2CCCc3nc(NC(O)CCOC)sc3C2=O)cn1. The average Bonchev–Trinajstić information content (AvgIpc) is 3.04. The molecule has 0 spiro atoms. The van der Waals surface area contributed by atoms with E-state index in [1.165, 1.54) is 17.5 Å². The summed E-state index contributed by atoms with van der Waals surface area (Å²) >= 11 is 1.19. The molecule has 1 aliphatic carbocycles. The van der Waals surface area contributed by atoms with E-state index < -0.39 is 12.1 Å². The molecular formula is C19H24N4O4S. The zero-order chi connectivity index (χ0) is 20.1. The third-order valence-electron chi connectivity index (χ3n) is 4.65. The van der Waals surface area contributed by atoms with Crippen LogP contribution in [0.25, 0.3) is 0 Å². The Morgan fingerprint density at radius 1 is 1.46 bits per heavy atom. The Kier molecular flexibility index (Phi) is 6.71. The molecule has 0 saturated heterocycles. The lowest BCUT2D eigenvalue weighted by Crippen LogP contribution is -2.23. The monoisotopic (exact) mass is 404 g/mol. The van der Waals surface area contributed by atoms with E-state index in [1.807, 2.05) is 0 Å². The fourth-order valence-electron chi connectivity index (χ4n) is 3.12. The summed E-state index contributed by atoms with van der Waals surface area (Å²) < 4.78 is 4.94. The van der Waals surface area contributed by atoms with E-state index in [-0.39, 0.29) is 11.6 Å². The first kappa shape index (κ1) is 20.4. The number of Topliss-reactive ketones (excluding diaryl/α,β-unsaturated/α-hetero) is 2. The highest BCUT2D eigenvalue weighted by molar-refractivity contribution is 7.17. The molecule has 8 nitrogen and oxygen atoms in total. The number of anilines is 2. The van der Waals surface area contributed by atoms with Crippen LogP contribution in [0.15, 0.2) is 18.3 Å². The molecule has 0 saturated carbocycles.